The lowest BCUT2D eigenvalue weighted by Crippen LogP contribution is -2.26. The molecule has 3 heteroatoms. The maximum absolute atomic E-state index is 4.39. The minimum absolute atomic E-state index is 0.900. The quantitative estimate of drug-likeness (QED) is 0.865. The zero-order valence-corrected chi connectivity index (χ0v) is 11.9. The number of nitrogens with zero attached hydrogens (tertiary/aromatic N) is 1. The second-order valence-corrected chi connectivity index (χ2v) is 6.54. The number of aromatic nitrogens is 1. The normalized spacial score (nSPS) is 25.1. The van der Waals surface area contributed by atoms with Crippen molar-refractivity contribution in [3.63, 3.8) is 0 Å². The fourth-order valence-electron chi connectivity index (χ4n) is 2.74. The Morgan fingerprint density at radius 2 is 2.35 bits per heavy atom. The average molecular weight is 252 g/mol. The minimum Gasteiger partial charge on any atom is -0.312 e. The van der Waals surface area contributed by atoms with Gasteiger partial charge in [0.25, 0.3) is 0 Å². The fourth-order valence-corrected chi connectivity index (χ4v) is 3.57. The van der Waals surface area contributed by atoms with Gasteiger partial charge in [0.05, 0.1) is 5.01 Å². The molecule has 2 atom stereocenters. The lowest BCUT2D eigenvalue weighted by Gasteiger charge is -2.26. The summed E-state index contributed by atoms with van der Waals surface area (Å²) in [7, 11) is 0. The summed E-state index contributed by atoms with van der Waals surface area (Å²) in [5, 5.41) is 4.86. The van der Waals surface area contributed by atoms with Crippen molar-refractivity contribution in [3.8, 4) is 0 Å². The molecule has 0 spiro atoms. The lowest BCUT2D eigenvalue weighted by molar-refractivity contribution is 0.274. The molecule has 0 bridgehead atoms. The van der Waals surface area contributed by atoms with E-state index >= 15 is 0 Å². The molecular weight excluding hydrogens is 228 g/mol. The summed E-state index contributed by atoms with van der Waals surface area (Å²) in [6, 6.07) is 0. The molecule has 0 aliphatic heterocycles. The van der Waals surface area contributed by atoms with Gasteiger partial charge in [-0.05, 0) is 37.6 Å². The topological polar surface area (TPSA) is 24.9 Å². The highest BCUT2D eigenvalue weighted by Gasteiger charge is 2.18. The molecule has 1 fully saturated rings. The van der Waals surface area contributed by atoms with Crippen LogP contribution in [-0.2, 0) is 13.0 Å². The molecule has 1 heterocycles. The largest absolute Gasteiger partial charge is 0.312 e. The summed E-state index contributed by atoms with van der Waals surface area (Å²) in [6.45, 7) is 6.74. The standard InChI is InChI=1S/C14H24N2S/c1-3-14-16-10-13(17-14)9-15-8-12-6-4-5-11(2)7-12/h10-12,15H,3-9H2,1-2H3. The van der Waals surface area contributed by atoms with Crippen molar-refractivity contribution in [1.29, 1.82) is 0 Å². The average Bonchev–Trinajstić information content (AvgIpc) is 2.77. The van der Waals surface area contributed by atoms with E-state index in [4.69, 9.17) is 0 Å². The van der Waals surface area contributed by atoms with Gasteiger partial charge in [-0.2, -0.15) is 0 Å². The number of aryl methyl sites for hydroxylation is 1. The van der Waals surface area contributed by atoms with E-state index in [1.54, 1.807) is 0 Å². The van der Waals surface area contributed by atoms with Crippen LogP contribution in [0.3, 0.4) is 0 Å². The highest BCUT2D eigenvalue weighted by molar-refractivity contribution is 7.11. The van der Waals surface area contributed by atoms with Crippen molar-refractivity contribution in [2.75, 3.05) is 6.54 Å². The first-order chi connectivity index (χ1) is 8.28. The molecule has 1 aliphatic carbocycles. The second-order valence-electron chi connectivity index (χ2n) is 5.34. The zero-order chi connectivity index (χ0) is 12.1. The Bertz CT molecular complexity index is 335. The molecule has 0 amide bonds. The molecule has 1 saturated carbocycles. The van der Waals surface area contributed by atoms with Gasteiger partial charge in [0, 0.05) is 17.6 Å². The molecule has 0 radical (unpaired) electrons. The Morgan fingerprint density at radius 3 is 3.06 bits per heavy atom. The molecule has 2 nitrogen and oxygen atoms in total. The summed E-state index contributed by atoms with van der Waals surface area (Å²) in [5.74, 6) is 1.84. The van der Waals surface area contributed by atoms with Crippen LogP contribution in [0.1, 0.15) is 49.4 Å². The second kappa shape index (κ2) is 6.50. The molecule has 96 valence electrons. The predicted molar refractivity (Wildman–Crippen MR) is 74.3 cm³/mol. The van der Waals surface area contributed by atoms with Gasteiger partial charge in [0.2, 0.25) is 0 Å². The Labute approximate surface area is 109 Å². The Morgan fingerprint density at radius 1 is 1.47 bits per heavy atom. The molecule has 2 unspecified atom stereocenters. The van der Waals surface area contributed by atoms with Crippen LogP contribution >= 0.6 is 11.3 Å². The van der Waals surface area contributed by atoms with Gasteiger partial charge in [0.15, 0.2) is 0 Å². The number of rotatable bonds is 5. The number of nitrogens with one attached hydrogen (secondary N) is 1. The maximum atomic E-state index is 4.39. The third-order valence-electron chi connectivity index (χ3n) is 3.68. The Balaban J connectivity index is 1.68. The first-order valence-electron chi connectivity index (χ1n) is 6.92. The van der Waals surface area contributed by atoms with Crippen LogP contribution < -0.4 is 5.32 Å². The molecule has 17 heavy (non-hydrogen) atoms. The third kappa shape index (κ3) is 4.07. The van der Waals surface area contributed by atoms with E-state index in [0.29, 0.717) is 0 Å². The van der Waals surface area contributed by atoms with Crippen LogP contribution in [0.15, 0.2) is 6.20 Å². The van der Waals surface area contributed by atoms with Gasteiger partial charge in [-0.3, -0.25) is 0 Å². The zero-order valence-electron chi connectivity index (χ0n) is 11.0. The fraction of sp³-hybridized carbons (Fsp3) is 0.786. The first kappa shape index (κ1) is 13.0. The van der Waals surface area contributed by atoms with E-state index in [1.165, 1.54) is 42.1 Å². The summed E-state index contributed by atoms with van der Waals surface area (Å²) < 4.78 is 0. The minimum atomic E-state index is 0.900. The van der Waals surface area contributed by atoms with Crippen molar-refractivity contribution < 1.29 is 0 Å². The van der Waals surface area contributed by atoms with Gasteiger partial charge < -0.3 is 5.32 Å². The van der Waals surface area contributed by atoms with Crippen LogP contribution in [-0.4, -0.2) is 11.5 Å². The Kier molecular flexibility index (Phi) is 4.99. The van der Waals surface area contributed by atoms with Crippen LogP contribution in [0, 0.1) is 11.8 Å². The molecule has 1 aromatic heterocycles. The first-order valence-corrected chi connectivity index (χ1v) is 7.74. The summed E-state index contributed by atoms with van der Waals surface area (Å²) in [5.41, 5.74) is 0. The van der Waals surface area contributed by atoms with Crippen molar-refractivity contribution in [3.05, 3.63) is 16.1 Å². The monoisotopic (exact) mass is 252 g/mol. The van der Waals surface area contributed by atoms with Crippen molar-refractivity contribution in [2.24, 2.45) is 11.8 Å². The van der Waals surface area contributed by atoms with E-state index in [9.17, 15) is 0 Å². The van der Waals surface area contributed by atoms with Crippen LogP contribution in [0.4, 0.5) is 0 Å². The smallest absolute Gasteiger partial charge is 0.0925 e. The van der Waals surface area contributed by atoms with Crippen molar-refractivity contribution in [1.82, 2.24) is 10.3 Å². The van der Waals surface area contributed by atoms with E-state index in [2.05, 4.69) is 24.1 Å². The van der Waals surface area contributed by atoms with E-state index in [1.807, 2.05) is 17.5 Å². The molecule has 0 saturated heterocycles. The molecule has 1 aliphatic rings. The number of thiazole rings is 1. The van der Waals surface area contributed by atoms with Crippen LogP contribution in [0.5, 0.6) is 0 Å². The predicted octanol–water partition coefficient (Wildman–Crippen LogP) is 3.62. The molecule has 1 N–H and O–H groups in total. The third-order valence-corrected chi connectivity index (χ3v) is 4.82. The van der Waals surface area contributed by atoms with Gasteiger partial charge in [-0.1, -0.05) is 26.7 Å². The molecular formula is C14H24N2S. The highest BCUT2D eigenvalue weighted by atomic mass is 32.1. The molecule has 2 rings (SSSR count). The summed E-state index contributed by atoms with van der Waals surface area (Å²) in [4.78, 5) is 5.77. The Hall–Kier alpha value is -0.410. The lowest BCUT2D eigenvalue weighted by atomic mass is 9.82. The van der Waals surface area contributed by atoms with Gasteiger partial charge >= 0.3 is 0 Å². The van der Waals surface area contributed by atoms with Gasteiger partial charge in [-0.15, -0.1) is 11.3 Å². The molecule has 1 aromatic rings. The van der Waals surface area contributed by atoms with Crippen LogP contribution in [0.25, 0.3) is 0 Å². The van der Waals surface area contributed by atoms with E-state index in [-0.39, 0.29) is 0 Å². The molecule has 0 aromatic carbocycles. The summed E-state index contributed by atoms with van der Waals surface area (Å²) in [6.07, 6.45) is 8.78. The highest BCUT2D eigenvalue weighted by Crippen LogP contribution is 2.28. The van der Waals surface area contributed by atoms with Crippen molar-refractivity contribution in [2.45, 2.75) is 52.5 Å². The number of hydrogen-bond acceptors (Lipinski definition) is 3. The van der Waals surface area contributed by atoms with E-state index < -0.39 is 0 Å². The van der Waals surface area contributed by atoms with E-state index in [0.717, 1.165) is 24.8 Å². The maximum Gasteiger partial charge on any atom is 0.0925 e. The summed E-state index contributed by atoms with van der Waals surface area (Å²) >= 11 is 1.85. The number of hydrogen-bond donors (Lipinski definition) is 1. The van der Waals surface area contributed by atoms with Crippen molar-refractivity contribution >= 4 is 11.3 Å². The SMILES string of the molecule is CCc1ncc(CNCC2CCCC(C)C2)s1. The van der Waals surface area contributed by atoms with Crippen LogP contribution in [0.2, 0.25) is 0 Å². The van der Waals surface area contributed by atoms with Gasteiger partial charge in [0.1, 0.15) is 0 Å². The van der Waals surface area contributed by atoms with Gasteiger partial charge in [-0.25, -0.2) is 4.98 Å².